The molecule has 0 bridgehead atoms. The molecule has 130 valence electrons. The third-order valence-electron chi connectivity index (χ3n) is 4.41. The van der Waals surface area contributed by atoms with Crippen LogP contribution in [0.4, 0.5) is 0 Å². The van der Waals surface area contributed by atoms with Crippen molar-refractivity contribution in [2.75, 3.05) is 6.54 Å². The van der Waals surface area contributed by atoms with Crippen LogP contribution in [0.5, 0.6) is 0 Å². The molecule has 0 aliphatic carbocycles. The number of carbonyl (C=O) groups is 2. The summed E-state index contributed by atoms with van der Waals surface area (Å²) < 4.78 is 1.75. The van der Waals surface area contributed by atoms with Crippen LogP contribution < -0.4 is 5.32 Å². The minimum Gasteiger partial charge on any atom is -0.481 e. The summed E-state index contributed by atoms with van der Waals surface area (Å²) >= 11 is 1.35. The number of fused-ring (bicyclic) bond motifs is 1. The number of thiophene rings is 1. The molecule has 1 unspecified atom stereocenters. The number of benzene rings is 1. The number of amides is 1. The molecular weight excluding hydrogens is 338 g/mol. The molecule has 1 amide bonds. The van der Waals surface area contributed by atoms with E-state index < -0.39 is 11.4 Å². The van der Waals surface area contributed by atoms with Gasteiger partial charge in [-0.2, -0.15) is 5.10 Å². The lowest BCUT2D eigenvalue weighted by Gasteiger charge is -2.25. The summed E-state index contributed by atoms with van der Waals surface area (Å²) in [4.78, 5) is 25.8. The Morgan fingerprint density at radius 1 is 1.32 bits per heavy atom. The predicted octanol–water partition coefficient (Wildman–Crippen LogP) is 2.72. The van der Waals surface area contributed by atoms with Gasteiger partial charge in [0.05, 0.1) is 10.6 Å². The molecule has 2 heterocycles. The molecule has 0 saturated heterocycles. The molecule has 1 aromatic carbocycles. The molecule has 0 aliphatic heterocycles. The lowest BCUT2D eigenvalue weighted by atomic mass is 9.82. The number of carboxylic acid groups (broad SMARTS) is 1. The number of hydrogen-bond donors (Lipinski definition) is 2. The van der Waals surface area contributed by atoms with Crippen molar-refractivity contribution in [1.29, 1.82) is 0 Å². The number of nitrogens with zero attached hydrogens (tertiary/aromatic N) is 2. The number of rotatable bonds is 5. The number of hydrogen-bond acceptors (Lipinski definition) is 4. The van der Waals surface area contributed by atoms with Crippen molar-refractivity contribution in [2.24, 2.45) is 7.05 Å². The Labute approximate surface area is 149 Å². The van der Waals surface area contributed by atoms with Gasteiger partial charge in [0.25, 0.3) is 5.91 Å². The van der Waals surface area contributed by atoms with Crippen LogP contribution in [-0.4, -0.2) is 33.3 Å². The quantitative estimate of drug-likeness (QED) is 0.735. The summed E-state index contributed by atoms with van der Waals surface area (Å²) in [5.41, 5.74) is 0.331. The Bertz CT molecular complexity index is 911. The Balaban J connectivity index is 1.81. The van der Waals surface area contributed by atoms with Crippen molar-refractivity contribution >= 4 is 33.4 Å². The second kappa shape index (κ2) is 6.33. The fourth-order valence-electron chi connectivity index (χ4n) is 2.77. The highest BCUT2D eigenvalue weighted by Gasteiger charge is 2.35. The summed E-state index contributed by atoms with van der Waals surface area (Å²) in [5, 5.41) is 17.7. The first-order valence-corrected chi connectivity index (χ1v) is 8.65. The Morgan fingerprint density at radius 3 is 2.60 bits per heavy atom. The highest BCUT2D eigenvalue weighted by molar-refractivity contribution is 7.20. The number of carboxylic acids is 1. The standard InChI is InChI=1S/C18H19N3O3S/c1-11-13-9-14(25-16(13)21(3)20-11)15(22)19-10-18(2,17(23)24)12-7-5-4-6-8-12/h4-9H,10H2,1-3H3,(H,19,22)(H,23,24). The number of aromatic nitrogens is 2. The summed E-state index contributed by atoms with van der Waals surface area (Å²) in [6.45, 7) is 3.52. The molecule has 0 fully saturated rings. The second-order valence-electron chi connectivity index (χ2n) is 6.22. The molecule has 2 aromatic heterocycles. The summed E-state index contributed by atoms with van der Waals surface area (Å²) in [6, 6.07) is 10.7. The van der Waals surface area contributed by atoms with Gasteiger partial charge in [0.2, 0.25) is 0 Å². The van der Waals surface area contributed by atoms with E-state index in [1.807, 2.05) is 20.0 Å². The Morgan fingerprint density at radius 2 is 2.00 bits per heavy atom. The van der Waals surface area contributed by atoms with Crippen molar-refractivity contribution in [3.63, 3.8) is 0 Å². The predicted molar refractivity (Wildman–Crippen MR) is 97.1 cm³/mol. The zero-order chi connectivity index (χ0) is 18.2. The first-order chi connectivity index (χ1) is 11.8. The zero-order valence-electron chi connectivity index (χ0n) is 14.2. The molecule has 0 saturated carbocycles. The molecule has 0 aliphatic rings. The largest absolute Gasteiger partial charge is 0.481 e. The lowest BCUT2D eigenvalue weighted by molar-refractivity contribution is -0.142. The van der Waals surface area contributed by atoms with E-state index in [4.69, 9.17) is 0 Å². The maximum absolute atomic E-state index is 12.5. The maximum atomic E-state index is 12.5. The molecule has 2 N–H and O–H groups in total. The van der Waals surface area contributed by atoms with E-state index >= 15 is 0 Å². The number of aliphatic carboxylic acids is 1. The summed E-state index contributed by atoms with van der Waals surface area (Å²) in [6.07, 6.45) is 0. The van der Waals surface area contributed by atoms with E-state index in [1.54, 1.807) is 41.9 Å². The van der Waals surface area contributed by atoms with E-state index in [-0.39, 0.29) is 12.5 Å². The van der Waals surface area contributed by atoms with Gasteiger partial charge < -0.3 is 10.4 Å². The van der Waals surface area contributed by atoms with Crippen LogP contribution in [0.1, 0.15) is 27.9 Å². The van der Waals surface area contributed by atoms with Crippen molar-refractivity contribution in [3.8, 4) is 0 Å². The highest BCUT2D eigenvalue weighted by Crippen LogP contribution is 2.28. The first-order valence-electron chi connectivity index (χ1n) is 7.83. The molecule has 7 heteroatoms. The number of carbonyl (C=O) groups excluding carboxylic acids is 1. The summed E-state index contributed by atoms with van der Waals surface area (Å²) in [5.74, 6) is -1.25. The monoisotopic (exact) mass is 357 g/mol. The van der Waals surface area contributed by atoms with Crippen LogP contribution in [0, 0.1) is 6.92 Å². The van der Waals surface area contributed by atoms with Gasteiger partial charge in [-0.25, -0.2) is 0 Å². The Kier molecular flexibility index (Phi) is 4.34. The van der Waals surface area contributed by atoms with Gasteiger partial charge >= 0.3 is 5.97 Å². The van der Waals surface area contributed by atoms with Gasteiger partial charge in [0, 0.05) is 19.0 Å². The van der Waals surface area contributed by atoms with Crippen molar-refractivity contribution in [1.82, 2.24) is 15.1 Å². The third-order valence-corrected chi connectivity index (χ3v) is 5.61. The van der Waals surface area contributed by atoms with Crippen LogP contribution in [0.25, 0.3) is 10.2 Å². The van der Waals surface area contributed by atoms with E-state index in [1.165, 1.54) is 11.3 Å². The average Bonchev–Trinajstić information content (AvgIpc) is 3.15. The summed E-state index contributed by atoms with van der Waals surface area (Å²) in [7, 11) is 1.84. The zero-order valence-corrected chi connectivity index (χ0v) is 15.1. The SMILES string of the molecule is Cc1nn(C)c2sc(C(=O)NCC(C)(C(=O)O)c3ccccc3)cc12. The van der Waals surface area contributed by atoms with Crippen molar-refractivity contribution in [3.05, 3.63) is 52.5 Å². The number of nitrogens with one attached hydrogen (secondary N) is 1. The van der Waals surface area contributed by atoms with Crippen LogP contribution in [-0.2, 0) is 17.3 Å². The number of aryl methyl sites for hydroxylation is 2. The van der Waals surface area contributed by atoms with Gasteiger partial charge in [0.15, 0.2) is 0 Å². The molecule has 0 radical (unpaired) electrons. The van der Waals surface area contributed by atoms with Crippen molar-refractivity contribution < 1.29 is 14.7 Å². The fraction of sp³-hybridized carbons (Fsp3) is 0.278. The van der Waals surface area contributed by atoms with Gasteiger partial charge in [-0.15, -0.1) is 11.3 Å². The van der Waals surface area contributed by atoms with Crippen LogP contribution in [0.2, 0.25) is 0 Å². The van der Waals surface area contributed by atoms with Gasteiger partial charge in [0.1, 0.15) is 10.2 Å². The van der Waals surface area contributed by atoms with Gasteiger partial charge in [-0.05, 0) is 25.5 Å². The second-order valence-corrected chi connectivity index (χ2v) is 7.26. The normalized spacial score (nSPS) is 13.6. The van der Waals surface area contributed by atoms with Gasteiger partial charge in [-0.3, -0.25) is 14.3 Å². The van der Waals surface area contributed by atoms with Crippen LogP contribution in [0.3, 0.4) is 0 Å². The minimum atomic E-state index is -1.19. The van der Waals surface area contributed by atoms with Gasteiger partial charge in [-0.1, -0.05) is 30.3 Å². The third kappa shape index (κ3) is 3.02. The topological polar surface area (TPSA) is 84.2 Å². The molecular formula is C18H19N3O3S. The van der Waals surface area contributed by atoms with E-state index in [2.05, 4.69) is 10.4 Å². The molecule has 3 aromatic rings. The molecule has 25 heavy (non-hydrogen) atoms. The van der Waals surface area contributed by atoms with E-state index in [9.17, 15) is 14.7 Å². The maximum Gasteiger partial charge on any atom is 0.315 e. The molecule has 6 nitrogen and oxygen atoms in total. The van der Waals surface area contributed by atoms with E-state index in [0.717, 1.165) is 15.9 Å². The Hall–Kier alpha value is -2.67. The van der Waals surface area contributed by atoms with Crippen LogP contribution in [0.15, 0.2) is 36.4 Å². The smallest absolute Gasteiger partial charge is 0.315 e. The molecule has 0 spiro atoms. The first kappa shape index (κ1) is 17.2. The lowest BCUT2D eigenvalue weighted by Crippen LogP contribution is -2.44. The molecule has 3 rings (SSSR count). The average molecular weight is 357 g/mol. The molecule has 1 atom stereocenters. The van der Waals surface area contributed by atoms with E-state index in [0.29, 0.717) is 10.4 Å². The minimum absolute atomic E-state index is 0.0106. The fourth-order valence-corrected chi connectivity index (χ4v) is 3.81. The van der Waals surface area contributed by atoms with Crippen molar-refractivity contribution in [2.45, 2.75) is 19.3 Å². The highest BCUT2D eigenvalue weighted by atomic mass is 32.1. The van der Waals surface area contributed by atoms with Crippen LogP contribution >= 0.6 is 11.3 Å².